The van der Waals surface area contributed by atoms with Gasteiger partial charge in [0.1, 0.15) is 5.82 Å². The van der Waals surface area contributed by atoms with Crippen molar-refractivity contribution in [2.75, 3.05) is 0 Å². The molecular formula is C13H13FN4S2. The van der Waals surface area contributed by atoms with Crippen molar-refractivity contribution < 1.29 is 4.39 Å². The molecule has 1 aromatic heterocycles. The molecule has 2 N–H and O–H groups in total. The minimum Gasteiger partial charge on any atom is -0.357 e. The molecule has 4 nitrogen and oxygen atoms in total. The lowest BCUT2D eigenvalue weighted by Crippen LogP contribution is -2.31. The summed E-state index contributed by atoms with van der Waals surface area (Å²) in [7, 11) is 0. The molecule has 0 atom stereocenters. The molecule has 1 aromatic carbocycles. The number of nitrogens with one attached hydrogen (secondary N) is 2. The fraction of sp³-hybridized carbons (Fsp3) is 0.154. The first-order valence-corrected chi connectivity index (χ1v) is 7.16. The van der Waals surface area contributed by atoms with E-state index in [1.165, 1.54) is 12.1 Å². The van der Waals surface area contributed by atoms with Gasteiger partial charge in [0.25, 0.3) is 0 Å². The van der Waals surface area contributed by atoms with Gasteiger partial charge in [-0.05, 0) is 36.8 Å². The third-order valence-electron chi connectivity index (χ3n) is 2.37. The summed E-state index contributed by atoms with van der Waals surface area (Å²) in [5.41, 5.74) is 4.43. The van der Waals surface area contributed by atoms with E-state index < -0.39 is 0 Å². The van der Waals surface area contributed by atoms with Gasteiger partial charge in [0, 0.05) is 11.9 Å². The lowest BCUT2D eigenvalue weighted by atomic mass is 10.2. The fourth-order valence-electron chi connectivity index (χ4n) is 1.42. The van der Waals surface area contributed by atoms with E-state index >= 15 is 0 Å². The van der Waals surface area contributed by atoms with Gasteiger partial charge in [-0.25, -0.2) is 9.37 Å². The van der Waals surface area contributed by atoms with Gasteiger partial charge in [0.05, 0.1) is 16.9 Å². The predicted molar refractivity (Wildman–Crippen MR) is 83.4 cm³/mol. The molecule has 0 bridgehead atoms. The first-order valence-electron chi connectivity index (χ1n) is 5.87. The van der Waals surface area contributed by atoms with Crippen LogP contribution >= 0.6 is 23.6 Å². The van der Waals surface area contributed by atoms with E-state index in [1.54, 1.807) is 29.7 Å². The van der Waals surface area contributed by atoms with Crippen LogP contribution < -0.4 is 10.7 Å². The highest BCUT2D eigenvalue weighted by Gasteiger charge is 1.97. The molecule has 0 amide bonds. The van der Waals surface area contributed by atoms with Crippen LogP contribution in [0, 0.1) is 12.7 Å². The second-order valence-corrected chi connectivity index (χ2v) is 5.44. The highest BCUT2D eigenvalue weighted by molar-refractivity contribution is 7.80. The Morgan fingerprint density at radius 3 is 2.85 bits per heavy atom. The number of aromatic nitrogens is 1. The number of hydrogen-bond acceptors (Lipinski definition) is 4. The number of nitrogens with zero attached hydrogens (tertiary/aromatic N) is 2. The van der Waals surface area contributed by atoms with Gasteiger partial charge in [-0.2, -0.15) is 5.10 Å². The summed E-state index contributed by atoms with van der Waals surface area (Å²) in [5, 5.41) is 10.3. The number of rotatable bonds is 4. The Kier molecular flexibility index (Phi) is 5.14. The highest BCUT2D eigenvalue weighted by Crippen LogP contribution is 2.05. The van der Waals surface area contributed by atoms with Gasteiger partial charge >= 0.3 is 0 Å². The van der Waals surface area contributed by atoms with Crippen LogP contribution in [0.1, 0.15) is 16.3 Å². The number of thiocarbonyl (C=S) groups is 1. The Labute approximate surface area is 125 Å². The fourth-order valence-corrected chi connectivity index (χ4v) is 2.11. The summed E-state index contributed by atoms with van der Waals surface area (Å²) >= 11 is 6.63. The van der Waals surface area contributed by atoms with Crippen molar-refractivity contribution in [1.29, 1.82) is 0 Å². The normalized spacial score (nSPS) is 10.7. The lowest BCUT2D eigenvalue weighted by molar-refractivity contribution is 0.626. The molecule has 7 heteroatoms. The number of thiazole rings is 1. The second-order valence-electron chi connectivity index (χ2n) is 3.97. The predicted octanol–water partition coefficient (Wildman–Crippen LogP) is 2.59. The first-order chi connectivity index (χ1) is 9.63. The molecule has 0 aliphatic rings. The van der Waals surface area contributed by atoms with Gasteiger partial charge in [-0.1, -0.05) is 12.1 Å². The minimum absolute atomic E-state index is 0.252. The molecule has 0 saturated heterocycles. The van der Waals surface area contributed by atoms with Gasteiger partial charge < -0.3 is 5.32 Å². The summed E-state index contributed by atoms with van der Waals surface area (Å²) in [6, 6.07) is 6.23. The van der Waals surface area contributed by atoms with Crippen molar-refractivity contribution in [3.63, 3.8) is 0 Å². The number of aryl methyl sites for hydroxylation is 1. The van der Waals surface area contributed by atoms with E-state index in [2.05, 4.69) is 20.8 Å². The van der Waals surface area contributed by atoms with Crippen molar-refractivity contribution >= 4 is 34.9 Å². The standard InChI is InChI=1S/C13H13FN4S2/c1-9-17-12(8-20-9)7-16-18-13(19)15-6-10-2-4-11(14)5-3-10/h2-5,7-8H,6H2,1H3,(H2,15,18,19)/b16-7-. The van der Waals surface area contributed by atoms with E-state index in [0.717, 1.165) is 16.3 Å². The second kappa shape index (κ2) is 7.06. The van der Waals surface area contributed by atoms with E-state index in [9.17, 15) is 4.39 Å². The average molecular weight is 308 g/mol. The van der Waals surface area contributed by atoms with Crippen molar-refractivity contribution in [1.82, 2.24) is 15.7 Å². The smallest absolute Gasteiger partial charge is 0.187 e. The number of hydrogen-bond donors (Lipinski definition) is 2. The van der Waals surface area contributed by atoms with Gasteiger partial charge in [0.15, 0.2) is 5.11 Å². The van der Waals surface area contributed by atoms with Crippen LogP contribution in [0.15, 0.2) is 34.7 Å². The van der Waals surface area contributed by atoms with Crippen LogP contribution in [-0.4, -0.2) is 16.3 Å². The molecule has 0 radical (unpaired) electrons. The van der Waals surface area contributed by atoms with E-state index in [1.807, 2.05) is 12.3 Å². The van der Waals surface area contributed by atoms with Crippen molar-refractivity contribution in [2.45, 2.75) is 13.5 Å². The molecule has 0 saturated carbocycles. The van der Waals surface area contributed by atoms with Crippen molar-refractivity contribution in [3.8, 4) is 0 Å². The maximum atomic E-state index is 12.7. The maximum Gasteiger partial charge on any atom is 0.187 e. The van der Waals surface area contributed by atoms with Crippen molar-refractivity contribution in [2.24, 2.45) is 5.10 Å². The summed E-state index contributed by atoms with van der Waals surface area (Å²) in [6.45, 7) is 2.45. The van der Waals surface area contributed by atoms with Crippen molar-refractivity contribution in [3.05, 3.63) is 51.7 Å². The van der Waals surface area contributed by atoms with Crippen LogP contribution in [0.3, 0.4) is 0 Å². The Hall–Kier alpha value is -1.86. The highest BCUT2D eigenvalue weighted by atomic mass is 32.1. The number of hydrazone groups is 1. The molecule has 0 aliphatic carbocycles. The Bertz CT molecular complexity index is 607. The SMILES string of the molecule is Cc1nc(/C=N\NC(=S)NCc2ccc(F)cc2)cs1. The topological polar surface area (TPSA) is 49.3 Å². The Morgan fingerprint density at radius 1 is 1.45 bits per heavy atom. The summed E-state index contributed by atoms with van der Waals surface area (Å²) < 4.78 is 12.7. The Morgan fingerprint density at radius 2 is 2.20 bits per heavy atom. The molecule has 1 heterocycles. The zero-order valence-corrected chi connectivity index (χ0v) is 12.4. The third kappa shape index (κ3) is 4.67. The molecule has 104 valence electrons. The quantitative estimate of drug-likeness (QED) is 0.518. The Balaban J connectivity index is 1.75. The minimum atomic E-state index is -0.252. The first kappa shape index (κ1) is 14.5. The summed E-state index contributed by atoms with van der Waals surface area (Å²) in [6.07, 6.45) is 1.61. The lowest BCUT2D eigenvalue weighted by Gasteiger charge is -2.06. The molecule has 2 rings (SSSR count). The van der Waals surface area contributed by atoms with Gasteiger partial charge in [-0.15, -0.1) is 11.3 Å². The molecule has 0 aliphatic heterocycles. The molecule has 0 unspecified atom stereocenters. The molecular weight excluding hydrogens is 295 g/mol. The van der Waals surface area contributed by atoms with E-state index in [-0.39, 0.29) is 5.82 Å². The number of halogens is 1. The van der Waals surface area contributed by atoms with Crippen LogP contribution in [0.4, 0.5) is 4.39 Å². The third-order valence-corrected chi connectivity index (χ3v) is 3.39. The molecule has 20 heavy (non-hydrogen) atoms. The van der Waals surface area contributed by atoms with Crippen LogP contribution in [-0.2, 0) is 6.54 Å². The average Bonchev–Trinajstić information content (AvgIpc) is 2.84. The number of benzene rings is 1. The van der Waals surface area contributed by atoms with Crippen LogP contribution in [0.2, 0.25) is 0 Å². The largest absolute Gasteiger partial charge is 0.357 e. The van der Waals surface area contributed by atoms with Crippen LogP contribution in [0.5, 0.6) is 0 Å². The molecule has 0 fully saturated rings. The maximum absolute atomic E-state index is 12.7. The van der Waals surface area contributed by atoms with E-state index in [0.29, 0.717) is 11.7 Å². The van der Waals surface area contributed by atoms with Crippen LogP contribution in [0.25, 0.3) is 0 Å². The monoisotopic (exact) mass is 308 g/mol. The zero-order valence-electron chi connectivity index (χ0n) is 10.8. The van der Waals surface area contributed by atoms with E-state index in [4.69, 9.17) is 12.2 Å². The molecule has 0 spiro atoms. The summed E-state index contributed by atoms with van der Waals surface area (Å²) in [5.74, 6) is -0.252. The zero-order chi connectivity index (χ0) is 14.4. The molecule has 2 aromatic rings. The van der Waals surface area contributed by atoms with Gasteiger partial charge in [0.2, 0.25) is 0 Å². The van der Waals surface area contributed by atoms with Gasteiger partial charge in [-0.3, -0.25) is 5.43 Å². The summed E-state index contributed by atoms with van der Waals surface area (Å²) in [4.78, 5) is 4.24.